The van der Waals surface area contributed by atoms with Crippen molar-refractivity contribution in [1.82, 2.24) is 24.9 Å². The van der Waals surface area contributed by atoms with Gasteiger partial charge in [0.25, 0.3) is 0 Å². The summed E-state index contributed by atoms with van der Waals surface area (Å²) >= 11 is 0. The molecule has 2 N–H and O–H groups in total. The van der Waals surface area contributed by atoms with Gasteiger partial charge in [-0.3, -0.25) is 0 Å². The number of nitrogens with one attached hydrogen (secondary N) is 2. The number of ether oxygens (including phenoxy) is 1. The Bertz CT molecular complexity index is 897. The van der Waals surface area contributed by atoms with Crippen molar-refractivity contribution >= 4 is 21.3 Å². The largest absolute Gasteiger partial charge is 0.379 e. The van der Waals surface area contributed by atoms with Crippen LogP contribution in [0.25, 0.3) is 5.57 Å². The number of rotatable bonds is 5. The van der Waals surface area contributed by atoms with E-state index in [0.717, 1.165) is 0 Å². The lowest BCUT2D eigenvalue weighted by atomic mass is 10.3. The summed E-state index contributed by atoms with van der Waals surface area (Å²) in [5, 5.41) is 25.1. The van der Waals surface area contributed by atoms with Crippen LogP contribution in [0.3, 0.4) is 0 Å². The first-order valence-electron chi connectivity index (χ1n) is 7.40. The number of anilines is 1. The highest BCUT2D eigenvalue weighted by Gasteiger charge is 2.26. The predicted molar refractivity (Wildman–Crippen MR) is 87.4 cm³/mol. The molecule has 3 rings (SSSR count). The maximum atomic E-state index is 12.7. The van der Waals surface area contributed by atoms with Crippen LogP contribution in [-0.4, -0.2) is 59.7 Å². The molecule has 1 aliphatic heterocycles. The summed E-state index contributed by atoms with van der Waals surface area (Å²) in [6.07, 6.45) is 1.39. The molecule has 0 unspecified atom stereocenters. The minimum Gasteiger partial charge on any atom is -0.379 e. The fourth-order valence-electron chi connectivity index (χ4n) is 2.26. The van der Waals surface area contributed by atoms with Crippen LogP contribution in [0.1, 0.15) is 5.82 Å². The lowest BCUT2D eigenvalue weighted by Gasteiger charge is -2.26. The number of benzene rings is 1. The van der Waals surface area contributed by atoms with Crippen molar-refractivity contribution in [2.75, 3.05) is 31.6 Å². The van der Waals surface area contributed by atoms with Crippen molar-refractivity contribution in [2.45, 2.75) is 4.90 Å². The van der Waals surface area contributed by atoms with E-state index in [4.69, 9.17) is 10.00 Å². The molecule has 1 aromatic carbocycles. The number of hydrogen-bond acceptors (Lipinski definition) is 8. The Morgan fingerprint density at radius 2 is 2.20 bits per heavy atom. The van der Waals surface area contributed by atoms with Gasteiger partial charge in [-0.1, -0.05) is 6.07 Å². The minimum atomic E-state index is -3.58. The summed E-state index contributed by atoms with van der Waals surface area (Å²) < 4.78 is 31.9. The summed E-state index contributed by atoms with van der Waals surface area (Å²) in [5.74, 6) is 0.145. The Hall–Kier alpha value is -2.81. The van der Waals surface area contributed by atoms with E-state index in [1.165, 1.54) is 22.6 Å². The zero-order chi connectivity index (χ0) is 17.7. The summed E-state index contributed by atoms with van der Waals surface area (Å²) in [7, 11) is -3.58. The number of H-pyrrole nitrogens is 1. The number of morpholine rings is 1. The second-order valence-corrected chi connectivity index (χ2v) is 7.03. The third-order valence-electron chi connectivity index (χ3n) is 3.53. The van der Waals surface area contributed by atoms with E-state index in [1.54, 1.807) is 12.1 Å². The molecule has 1 saturated heterocycles. The molecule has 0 saturated carbocycles. The molecule has 0 bridgehead atoms. The number of nitriles is 1. The van der Waals surface area contributed by atoms with Gasteiger partial charge in [0.1, 0.15) is 11.6 Å². The zero-order valence-corrected chi connectivity index (χ0v) is 13.9. The van der Waals surface area contributed by atoms with Gasteiger partial charge in [-0.25, -0.2) is 8.42 Å². The van der Waals surface area contributed by atoms with Crippen LogP contribution < -0.4 is 5.32 Å². The molecule has 11 heteroatoms. The number of aromatic amines is 1. The lowest BCUT2D eigenvalue weighted by molar-refractivity contribution is 0.0730. The van der Waals surface area contributed by atoms with E-state index >= 15 is 0 Å². The second-order valence-electron chi connectivity index (χ2n) is 5.09. The standard InChI is InChI=1S/C14H15N7O3S/c15-9-11(14-17-19-20-18-14)10-16-12-2-1-3-13(8-12)25(22,23)21-4-6-24-7-5-21/h1-3,8,10,16H,4-7H2,(H,17,18,19,20). The molecule has 0 radical (unpaired) electrons. The lowest BCUT2D eigenvalue weighted by Crippen LogP contribution is -2.40. The van der Waals surface area contributed by atoms with Crippen molar-refractivity contribution < 1.29 is 13.2 Å². The molecule has 1 aliphatic rings. The SMILES string of the molecule is N#CC(=CNc1cccc(S(=O)(=O)N2CCOCC2)c1)c1nn[nH]n1. The highest BCUT2D eigenvalue weighted by atomic mass is 32.2. The van der Waals surface area contributed by atoms with Gasteiger partial charge in [0.05, 0.1) is 18.1 Å². The molecule has 10 nitrogen and oxygen atoms in total. The Morgan fingerprint density at radius 3 is 2.88 bits per heavy atom. The van der Waals surface area contributed by atoms with Crippen LogP contribution in [0, 0.1) is 11.3 Å². The topological polar surface area (TPSA) is 137 Å². The minimum absolute atomic E-state index is 0.145. The third-order valence-corrected chi connectivity index (χ3v) is 5.43. The number of allylic oxidation sites excluding steroid dienone is 1. The molecule has 0 amide bonds. The van der Waals surface area contributed by atoms with Crippen LogP contribution in [0.15, 0.2) is 35.4 Å². The normalized spacial score (nSPS) is 16.4. The van der Waals surface area contributed by atoms with Gasteiger partial charge in [0.15, 0.2) is 0 Å². The molecular weight excluding hydrogens is 346 g/mol. The fraction of sp³-hybridized carbons (Fsp3) is 0.286. The molecule has 1 aromatic heterocycles. The van der Waals surface area contributed by atoms with Crippen LogP contribution in [0.4, 0.5) is 5.69 Å². The Balaban J connectivity index is 1.81. The van der Waals surface area contributed by atoms with Gasteiger partial charge in [-0.15, -0.1) is 10.2 Å². The first-order valence-corrected chi connectivity index (χ1v) is 8.84. The third kappa shape index (κ3) is 3.82. The zero-order valence-electron chi connectivity index (χ0n) is 13.1. The summed E-state index contributed by atoms with van der Waals surface area (Å²) in [4.78, 5) is 0.172. The first-order chi connectivity index (χ1) is 12.1. The highest BCUT2D eigenvalue weighted by Crippen LogP contribution is 2.21. The van der Waals surface area contributed by atoms with Gasteiger partial charge in [-0.2, -0.15) is 14.8 Å². The van der Waals surface area contributed by atoms with E-state index in [1.807, 2.05) is 6.07 Å². The van der Waals surface area contributed by atoms with Gasteiger partial charge < -0.3 is 10.1 Å². The van der Waals surface area contributed by atoms with Crippen molar-refractivity contribution in [2.24, 2.45) is 0 Å². The van der Waals surface area contributed by atoms with Gasteiger partial charge in [-0.05, 0) is 23.4 Å². The first kappa shape index (κ1) is 17.0. The molecule has 25 heavy (non-hydrogen) atoms. The van der Waals surface area contributed by atoms with E-state index < -0.39 is 10.0 Å². The van der Waals surface area contributed by atoms with Crippen molar-refractivity contribution in [3.05, 3.63) is 36.3 Å². The average molecular weight is 361 g/mol. The summed E-state index contributed by atoms with van der Waals surface area (Å²) in [6, 6.07) is 8.31. The molecule has 0 spiro atoms. The van der Waals surface area contributed by atoms with Crippen molar-refractivity contribution in [3.63, 3.8) is 0 Å². The molecule has 0 aliphatic carbocycles. The van der Waals surface area contributed by atoms with Crippen LogP contribution in [-0.2, 0) is 14.8 Å². The Kier molecular flexibility index (Phi) is 5.03. The number of sulfonamides is 1. The number of hydrogen-bond donors (Lipinski definition) is 2. The monoisotopic (exact) mass is 361 g/mol. The molecule has 0 atom stereocenters. The van der Waals surface area contributed by atoms with E-state index in [9.17, 15) is 8.42 Å². The van der Waals surface area contributed by atoms with Crippen LogP contribution >= 0.6 is 0 Å². The predicted octanol–water partition coefficient (Wildman–Crippen LogP) is 0.197. The van der Waals surface area contributed by atoms with E-state index in [2.05, 4.69) is 25.9 Å². The van der Waals surface area contributed by atoms with E-state index in [-0.39, 0.29) is 16.3 Å². The maximum Gasteiger partial charge on any atom is 0.243 e. The molecule has 2 heterocycles. The van der Waals surface area contributed by atoms with Crippen LogP contribution in [0.5, 0.6) is 0 Å². The Labute approximate surface area is 144 Å². The van der Waals surface area contributed by atoms with Crippen molar-refractivity contribution in [3.8, 4) is 6.07 Å². The number of aromatic nitrogens is 4. The molecule has 2 aromatic rings. The van der Waals surface area contributed by atoms with E-state index in [0.29, 0.717) is 32.0 Å². The molecule has 130 valence electrons. The quantitative estimate of drug-likeness (QED) is 0.720. The van der Waals surface area contributed by atoms with Crippen LogP contribution in [0.2, 0.25) is 0 Å². The maximum absolute atomic E-state index is 12.7. The second kappa shape index (κ2) is 7.39. The van der Waals surface area contributed by atoms with Gasteiger partial charge >= 0.3 is 0 Å². The smallest absolute Gasteiger partial charge is 0.243 e. The average Bonchev–Trinajstić information content (AvgIpc) is 3.18. The fourth-order valence-corrected chi connectivity index (χ4v) is 3.71. The molecule has 1 fully saturated rings. The summed E-state index contributed by atoms with van der Waals surface area (Å²) in [6.45, 7) is 1.43. The van der Waals surface area contributed by atoms with Gasteiger partial charge in [0.2, 0.25) is 15.8 Å². The van der Waals surface area contributed by atoms with Crippen molar-refractivity contribution in [1.29, 1.82) is 5.26 Å². The number of nitrogens with zero attached hydrogens (tertiary/aromatic N) is 5. The molecular formula is C14H15N7O3S. The Morgan fingerprint density at radius 1 is 1.40 bits per heavy atom. The van der Waals surface area contributed by atoms with Gasteiger partial charge in [0, 0.05) is 25.0 Å². The summed E-state index contributed by atoms with van der Waals surface area (Å²) in [5.41, 5.74) is 0.681. The number of tetrazole rings is 1. The highest BCUT2D eigenvalue weighted by molar-refractivity contribution is 7.89.